The van der Waals surface area contributed by atoms with Gasteiger partial charge in [-0.05, 0) is 86.0 Å². The van der Waals surface area contributed by atoms with E-state index in [1.807, 2.05) is 60.7 Å². The molecule has 0 unspecified atom stereocenters. The first-order valence-electron chi connectivity index (χ1n) is 20.3. The molecule has 10 rings (SSSR count). The van der Waals surface area contributed by atoms with Crippen LogP contribution in [-0.2, 0) is 10.8 Å². The van der Waals surface area contributed by atoms with E-state index in [1.54, 1.807) is 0 Å². The Balaban J connectivity index is 1.19. The Morgan fingerprint density at radius 1 is 0.379 bits per heavy atom. The molecule has 0 saturated heterocycles. The minimum atomic E-state index is -0.0550. The Morgan fingerprint density at radius 3 is 1.40 bits per heavy atom. The molecule has 1 aliphatic carbocycles. The lowest BCUT2D eigenvalue weighted by Crippen LogP contribution is -2.42. The van der Waals surface area contributed by atoms with Gasteiger partial charge in [0.05, 0.1) is 11.0 Å². The maximum atomic E-state index is 5.03. The number of rotatable bonds is 6. The molecule has 0 N–H and O–H groups in total. The summed E-state index contributed by atoms with van der Waals surface area (Å²) in [6, 6.07) is 60.6. The van der Waals surface area contributed by atoms with Crippen molar-refractivity contribution in [1.82, 2.24) is 19.5 Å². The third-order valence-electron chi connectivity index (χ3n) is 13.8. The fraction of sp³-hybridized carbons (Fsp3) is 0.167. The van der Waals surface area contributed by atoms with Crippen LogP contribution in [-0.4, -0.2) is 19.5 Å². The molecular weight excluding hydrogens is 705 g/mol. The van der Waals surface area contributed by atoms with Crippen LogP contribution in [0.3, 0.4) is 0 Å². The predicted octanol–water partition coefficient (Wildman–Crippen LogP) is 13.9. The lowest BCUT2D eigenvalue weighted by Gasteiger charge is -2.44. The van der Waals surface area contributed by atoms with Gasteiger partial charge in [-0.25, -0.2) is 15.0 Å². The summed E-state index contributed by atoms with van der Waals surface area (Å²) in [4.78, 5) is 15.0. The SMILES string of the molecule is CC1(C)c2cc(-c3ccc(-c4nc(-c5ccccc5)nc(-c5ccccc5)n4)cc3)c(-c3cccc4c3c3ccccc3n4-c3ccccc3)cc2C(C)(C)C1(C)C. The van der Waals surface area contributed by atoms with Gasteiger partial charge < -0.3 is 4.57 Å². The van der Waals surface area contributed by atoms with Crippen molar-refractivity contribution in [3.8, 4) is 62.1 Å². The molecule has 1 aliphatic rings. The fourth-order valence-corrected chi connectivity index (χ4v) is 9.39. The van der Waals surface area contributed by atoms with Gasteiger partial charge in [0.25, 0.3) is 0 Å². The van der Waals surface area contributed by atoms with Crippen LogP contribution in [0.4, 0.5) is 0 Å². The minimum absolute atomic E-state index is 0.0169. The second kappa shape index (κ2) is 13.2. The van der Waals surface area contributed by atoms with E-state index in [-0.39, 0.29) is 16.2 Å². The topological polar surface area (TPSA) is 43.6 Å². The van der Waals surface area contributed by atoms with Crippen molar-refractivity contribution >= 4 is 21.8 Å². The highest BCUT2D eigenvalue weighted by atomic mass is 15.0. The highest BCUT2D eigenvalue weighted by molar-refractivity contribution is 6.16. The number of aromatic nitrogens is 4. The van der Waals surface area contributed by atoms with Crippen molar-refractivity contribution in [2.75, 3.05) is 0 Å². The summed E-state index contributed by atoms with van der Waals surface area (Å²) >= 11 is 0. The molecule has 58 heavy (non-hydrogen) atoms. The molecule has 0 spiro atoms. The zero-order valence-corrected chi connectivity index (χ0v) is 34.0. The van der Waals surface area contributed by atoms with Crippen molar-refractivity contribution in [1.29, 1.82) is 0 Å². The van der Waals surface area contributed by atoms with Crippen LogP contribution in [0.5, 0.6) is 0 Å². The van der Waals surface area contributed by atoms with Crippen molar-refractivity contribution in [2.45, 2.75) is 52.4 Å². The standard InChI is InChI=1S/C54H46N4/c1-52(2)44-33-42(35-29-31-38(32-30-35)51-56-49(36-19-10-7-11-20-36)55-50(57-51)37-21-12-8-13-22-37)43(34-45(44)53(3,4)54(52,5)6)40-26-18-28-47-48(40)41-25-16-17-27-46(41)58(47)39-23-14-9-15-24-39/h7-34H,1-6H3. The monoisotopic (exact) mass is 750 g/mol. The second-order valence-electron chi connectivity index (χ2n) is 17.3. The van der Waals surface area contributed by atoms with E-state index in [2.05, 4.69) is 155 Å². The molecule has 0 fully saturated rings. The minimum Gasteiger partial charge on any atom is -0.309 e. The van der Waals surface area contributed by atoms with Crippen LogP contribution in [0.1, 0.15) is 52.7 Å². The Morgan fingerprint density at radius 2 is 0.828 bits per heavy atom. The van der Waals surface area contributed by atoms with E-state index in [9.17, 15) is 0 Å². The fourth-order valence-electron chi connectivity index (χ4n) is 9.39. The van der Waals surface area contributed by atoms with Crippen LogP contribution in [0.2, 0.25) is 0 Å². The molecule has 4 heteroatoms. The van der Waals surface area contributed by atoms with Gasteiger partial charge >= 0.3 is 0 Å². The maximum absolute atomic E-state index is 5.03. The molecule has 2 aromatic heterocycles. The number of hydrogen-bond acceptors (Lipinski definition) is 3. The summed E-state index contributed by atoms with van der Waals surface area (Å²) in [7, 11) is 0. The highest BCUT2D eigenvalue weighted by Gasteiger charge is 2.57. The molecule has 0 amide bonds. The number of benzene rings is 7. The van der Waals surface area contributed by atoms with Gasteiger partial charge in [-0.2, -0.15) is 0 Å². The normalized spacial score (nSPS) is 15.1. The lowest BCUT2D eigenvalue weighted by molar-refractivity contribution is 0.125. The Labute approximate surface area is 340 Å². The van der Waals surface area contributed by atoms with Gasteiger partial charge in [0.2, 0.25) is 0 Å². The van der Waals surface area contributed by atoms with Crippen molar-refractivity contribution in [3.63, 3.8) is 0 Å². The summed E-state index contributed by atoms with van der Waals surface area (Å²) in [5.41, 5.74) is 14.0. The molecule has 0 saturated carbocycles. The van der Waals surface area contributed by atoms with Gasteiger partial charge in [0.1, 0.15) is 0 Å². The quantitative estimate of drug-likeness (QED) is 0.170. The molecule has 4 nitrogen and oxygen atoms in total. The number of nitrogens with zero attached hydrogens (tertiary/aromatic N) is 4. The van der Waals surface area contributed by atoms with Gasteiger partial charge in [0, 0.05) is 33.2 Å². The zero-order chi connectivity index (χ0) is 39.8. The van der Waals surface area contributed by atoms with Gasteiger partial charge in [-0.1, -0.05) is 175 Å². The van der Waals surface area contributed by atoms with E-state index in [4.69, 9.17) is 15.0 Å². The lowest BCUT2D eigenvalue weighted by atomic mass is 9.59. The summed E-state index contributed by atoms with van der Waals surface area (Å²) in [5.74, 6) is 1.96. The summed E-state index contributed by atoms with van der Waals surface area (Å²) in [5, 5.41) is 2.51. The number of para-hydroxylation sites is 2. The smallest absolute Gasteiger partial charge is 0.164 e. The molecule has 0 bridgehead atoms. The van der Waals surface area contributed by atoms with Crippen LogP contribution in [0.15, 0.2) is 170 Å². The van der Waals surface area contributed by atoms with E-state index >= 15 is 0 Å². The van der Waals surface area contributed by atoms with Crippen LogP contribution in [0.25, 0.3) is 83.9 Å². The molecule has 0 radical (unpaired) electrons. The van der Waals surface area contributed by atoms with E-state index < -0.39 is 0 Å². The molecule has 0 atom stereocenters. The highest BCUT2D eigenvalue weighted by Crippen LogP contribution is 2.63. The zero-order valence-electron chi connectivity index (χ0n) is 34.0. The largest absolute Gasteiger partial charge is 0.309 e. The van der Waals surface area contributed by atoms with Crippen molar-refractivity contribution < 1.29 is 0 Å². The molecule has 9 aromatic rings. The first-order chi connectivity index (χ1) is 28.0. The Kier molecular flexibility index (Phi) is 8.14. The molecule has 2 heterocycles. The van der Waals surface area contributed by atoms with Crippen LogP contribution >= 0.6 is 0 Å². The molecule has 7 aromatic carbocycles. The summed E-state index contributed by atoms with van der Waals surface area (Å²) in [6.45, 7) is 14.6. The third kappa shape index (κ3) is 5.39. The first-order valence-corrected chi connectivity index (χ1v) is 20.3. The summed E-state index contributed by atoms with van der Waals surface area (Å²) < 4.78 is 2.41. The first kappa shape index (κ1) is 35.7. The molecule has 0 aliphatic heterocycles. The van der Waals surface area contributed by atoms with Crippen molar-refractivity contribution in [3.05, 3.63) is 181 Å². The average Bonchev–Trinajstić information content (AvgIpc) is 3.65. The summed E-state index contributed by atoms with van der Waals surface area (Å²) in [6.07, 6.45) is 0. The maximum Gasteiger partial charge on any atom is 0.164 e. The predicted molar refractivity (Wildman–Crippen MR) is 241 cm³/mol. The number of fused-ring (bicyclic) bond motifs is 4. The third-order valence-corrected chi connectivity index (χ3v) is 13.8. The van der Waals surface area contributed by atoms with Crippen LogP contribution < -0.4 is 0 Å². The molecular formula is C54H46N4. The van der Waals surface area contributed by atoms with E-state index in [0.717, 1.165) is 27.9 Å². The second-order valence-corrected chi connectivity index (χ2v) is 17.3. The Hall–Kier alpha value is -6.65. The van der Waals surface area contributed by atoms with Gasteiger partial charge in [0.15, 0.2) is 17.5 Å². The Bertz CT molecular complexity index is 2940. The molecule has 282 valence electrons. The average molecular weight is 751 g/mol. The van der Waals surface area contributed by atoms with Crippen LogP contribution in [0, 0.1) is 5.41 Å². The van der Waals surface area contributed by atoms with Crippen molar-refractivity contribution in [2.24, 2.45) is 5.41 Å². The van der Waals surface area contributed by atoms with E-state index in [0.29, 0.717) is 17.5 Å². The number of hydrogen-bond donors (Lipinski definition) is 0. The van der Waals surface area contributed by atoms with Gasteiger partial charge in [-0.15, -0.1) is 0 Å². The van der Waals surface area contributed by atoms with Gasteiger partial charge in [-0.3, -0.25) is 0 Å². The van der Waals surface area contributed by atoms with E-state index in [1.165, 1.54) is 49.6 Å².